The summed E-state index contributed by atoms with van der Waals surface area (Å²) in [6, 6.07) is 0. The number of hydrogen-bond acceptors (Lipinski definition) is 3. The van der Waals surface area contributed by atoms with Crippen LogP contribution >= 0.6 is 0 Å². The Morgan fingerprint density at radius 3 is 2.59 bits per heavy atom. The summed E-state index contributed by atoms with van der Waals surface area (Å²) < 4.78 is 0. The fourth-order valence-corrected chi connectivity index (χ4v) is 1.54. The summed E-state index contributed by atoms with van der Waals surface area (Å²) in [5.41, 5.74) is -0.626. The lowest BCUT2D eigenvalue weighted by atomic mass is 9.80. The molecule has 1 atom stereocenters. The second-order valence-electron chi connectivity index (χ2n) is 4.89. The Hall–Kier alpha value is -1.85. The third-order valence-corrected chi connectivity index (χ3v) is 2.36. The van der Waals surface area contributed by atoms with Gasteiger partial charge in [-0.15, -0.1) is 0 Å². The lowest BCUT2D eigenvalue weighted by Crippen LogP contribution is -2.42. The number of nitrogens with zero attached hydrogens (tertiary/aromatic N) is 1. The van der Waals surface area contributed by atoms with E-state index in [1.54, 1.807) is 33.2 Å². The van der Waals surface area contributed by atoms with Crippen molar-refractivity contribution in [2.45, 2.75) is 27.3 Å². The van der Waals surface area contributed by atoms with Crippen molar-refractivity contribution in [3.63, 3.8) is 0 Å². The summed E-state index contributed by atoms with van der Waals surface area (Å²) in [5, 5.41) is 11.6. The second-order valence-corrected chi connectivity index (χ2v) is 4.89. The van der Waals surface area contributed by atoms with Gasteiger partial charge in [0.2, 0.25) is 5.91 Å². The number of carbonyl (C=O) groups excluding carboxylic acids is 1. The van der Waals surface area contributed by atoms with Gasteiger partial charge in [-0.25, -0.2) is 4.98 Å². The molecule has 1 amide bonds. The zero-order valence-corrected chi connectivity index (χ0v) is 10.2. The van der Waals surface area contributed by atoms with Crippen LogP contribution in [0.25, 0.3) is 0 Å². The molecule has 1 aromatic heterocycles. The summed E-state index contributed by atoms with van der Waals surface area (Å²) in [7, 11) is 0. The van der Waals surface area contributed by atoms with Gasteiger partial charge in [0.1, 0.15) is 11.7 Å². The van der Waals surface area contributed by atoms with E-state index in [9.17, 15) is 9.59 Å². The molecule has 0 aromatic carbocycles. The molecule has 0 aliphatic heterocycles. The highest BCUT2D eigenvalue weighted by atomic mass is 16.4. The number of carboxylic acid groups (broad SMARTS) is 1. The number of aliphatic carboxylic acids is 1. The van der Waals surface area contributed by atoms with Crippen molar-refractivity contribution in [3.05, 3.63) is 18.2 Å². The fourth-order valence-electron chi connectivity index (χ4n) is 1.54. The van der Waals surface area contributed by atoms with E-state index in [0.717, 1.165) is 0 Å². The molecule has 1 aromatic rings. The topological polar surface area (TPSA) is 95.1 Å². The van der Waals surface area contributed by atoms with Gasteiger partial charge in [-0.2, -0.15) is 0 Å². The molecular weight excluding hydrogens is 222 g/mol. The first-order valence-electron chi connectivity index (χ1n) is 5.31. The van der Waals surface area contributed by atoms with E-state index in [0.29, 0.717) is 5.82 Å². The van der Waals surface area contributed by atoms with Gasteiger partial charge in [0, 0.05) is 12.4 Å². The van der Waals surface area contributed by atoms with Crippen LogP contribution in [0.2, 0.25) is 0 Å². The minimum Gasteiger partial charge on any atom is -0.481 e. The van der Waals surface area contributed by atoms with E-state index < -0.39 is 23.2 Å². The van der Waals surface area contributed by atoms with Crippen LogP contribution in [0.4, 0.5) is 0 Å². The van der Waals surface area contributed by atoms with Crippen molar-refractivity contribution >= 4 is 11.9 Å². The van der Waals surface area contributed by atoms with Crippen LogP contribution < -0.4 is 5.32 Å². The van der Waals surface area contributed by atoms with E-state index in [-0.39, 0.29) is 6.54 Å². The number of aromatic nitrogens is 2. The van der Waals surface area contributed by atoms with Crippen LogP contribution in [0.15, 0.2) is 12.4 Å². The molecule has 0 fully saturated rings. The molecule has 6 nitrogen and oxygen atoms in total. The van der Waals surface area contributed by atoms with Crippen LogP contribution in [0.3, 0.4) is 0 Å². The number of carboxylic acids is 1. The third kappa shape index (κ3) is 3.58. The summed E-state index contributed by atoms with van der Waals surface area (Å²) in [6.07, 6.45) is 3.21. The Bertz CT molecular complexity index is 393. The minimum absolute atomic E-state index is 0.200. The number of nitrogens with one attached hydrogen (secondary N) is 2. The quantitative estimate of drug-likeness (QED) is 0.676. The zero-order valence-electron chi connectivity index (χ0n) is 10.2. The van der Waals surface area contributed by atoms with Crippen molar-refractivity contribution in [2.24, 2.45) is 11.3 Å². The molecule has 17 heavy (non-hydrogen) atoms. The Labute approximate surface area is 99.4 Å². The summed E-state index contributed by atoms with van der Waals surface area (Å²) in [4.78, 5) is 29.6. The molecule has 0 aliphatic rings. The lowest BCUT2D eigenvalue weighted by molar-refractivity contribution is -0.151. The molecule has 0 bridgehead atoms. The van der Waals surface area contributed by atoms with E-state index in [4.69, 9.17) is 5.11 Å². The van der Waals surface area contributed by atoms with Crippen molar-refractivity contribution in [3.8, 4) is 0 Å². The average molecular weight is 239 g/mol. The number of amides is 1. The fraction of sp³-hybridized carbons (Fsp3) is 0.545. The highest BCUT2D eigenvalue weighted by Gasteiger charge is 2.37. The molecule has 0 aliphatic carbocycles. The largest absolute Gasteiger partial charge is 0.481 e. The molecule has 1 unspecified atom stereocenters. The molecule has 1 rings (SSSR count). The van der Waals surface area contributed by atoms with Crippen LogP contribution in [0.1, 0.15) is 26.6 Å². The lowest BCUT2D eigenvalue weighted by Gasteiger charge is -2.25. The molecule has 94 valence electrons. The minimum atomic E-state index is -1.12. The van der Waals surface area contributed by atoms with Gasteiger partial charge >= 0.3 is 5.97 Å². The summed E-state index contributed by atoms with van der Waals surface area (Å²) >= 11 is 0. The van der Waals surface area contributed by atoms with E-state index in [1.165, 1.54) is 0 Å². The van der Waals surface area contributed by atoms with Crippen LogP contribution in [-0.4, -0.2) is 27.0 Å². The molecule has 0 saturated heterocycles. The molecular formula is C11H17N3O3. The van der Waals surface area contributed by atoms with Gasteiger partial charge in [-0.3, -0.25) is 9.59 Å². The molecule has 6 heteroatoms. The predicted molar refractivity (Wildman–Crippen MR) is 61.0 cm³/mol. The Morgan fingerprint density at radius 1 is 1.53 bits per heavy atom. The van der Waals surface area contributed by atoms with E-state index in [1.807, 2.05) is 0 Å². The average Bonchev–Trinajstić information content (AvgIpc) is 2.63. The monoisotopic (exact) mass is 239 g/mol. The Balaban J connectivity index is 2.64. The number of aromatic amines is 1. The van der Waals surface area contributed by atoms with Gasteiger partial charge in [0.25, 0.3) is 0 Å². The highest BCUT2D eigenvalue weighted by Crippen LogP contribution is 2.26. The smallest absolute Gasteiger partial charge is 0.316 e. The number of imidazole rings is 1. The van der Waals surface area contributed by atoms with Crippen molar-refractivity contribution in [1.29, 1.82) is 0 Å². The maximum Gasteiger partial charge on any atom is 0.316 e. The van der Waals surface area contributed by atoms with Crippen LogP contribution in [0.5, 0.6) is 0 Å². The number of carbonyl (C=O) groups is 2. The van der Waals surface area contributed by atoms with Gasteiger partial charge in [0.05, 0.1) is 6.54 Å². The zero-order chi connectivity index (χ0) is 13.1. The molecule has 3 N–H and O–H groups in total. The standard InChI is InChI=1S/C11H17N3O3/c1-11(2,3)8(10(16)17)9(15)14-6-7-12-4-5-13-7/h4-5,8H,6H2,1-3H3,(H,12,13)(H,14,15)(H,16,17). The van der Waals surface area contributed by atoms with E-state index >= 15 is 0 Å². The number of H-pyrrole nitrogens is 1. The van der Waals surface area contributed by atoms with E-state index in [2.05, 4.69) is 15.3 Å². The van der Waals surface area contributed by atoms with Crippen molar-refractivity contribution in [1.82, 2.24) is 15.3 Å². The molecule has 0 spiro atoms. The number of rotatable bonds is 4. The maximum absolute atomic E-state index is 11.8. The Morgan fingerprint density at radius 2 is 2.18 bits per heavy atom. The van der Waals surface area contributed by atoms with Crippen LogP contribution in [-0.2, 0) is 16.1 Å². The first-order chi connectivity index (χ1) is 7.82. The highest BCUT2D eigenvalue weighted by molar-refractivity contribution is 5.97. The SMILES string of the molecule is CC(C)(C)C(C(=O)O)C(=O)NCc1ncc[nH]1. The molecule has 0 radical (unpaired) electrons. The second kappa shape index (κ2) is 4.99. The normalized spacial score (nSPS) is 13.1. The summed E-state index contributed by atoms with van der Waals surface area (Å²) in [6.45, 7) is 5.36. The third-order valence-electron chi connectivity index (χ3n) is 2.36. The Kier molecular flexibility index (Phi) is 3.88. The van der Waals surface area contributed by atoms with Crippen LogP contribution in [0, 0.1) is 11.3 Å². The maximum atomic E-state index is 11.8. The van der Waals surface area contributed by atoms with Gasteiger partial charge < -0.3 is 15.4 Å². The van der Waals surface area contributed by atoms with Crippen molar-refractivity contribution < 1.29 is 14.7 Å². The molecule has 1 heterocycles. The van der Waals surface area contributed by atoms with Crippen molar-refractivity contribution in [2.75, 3.05) is 0 Å². The molecule has 0 saturated carbocycles. The van der Waals surface area contributed by atoms with Gasteiger partial charge in [0.15, 0.2) is 0 Å². The summed E-state index contributed by atoms with van der Waals surface area (Å²) in [5.74, 6) is -2.09. The first-order valence-corrected chi connectivity index (χ1v) is 5.31. The van der Waals surface area contributed by atoms with Gasteiger partial charge in [-0.05, 0) is 5.41 Å². The van der Waals surface area contributed by atoms with Gasteiger partial charge in [-0.1, -0.05) is 20.8 Å². The number of hydrogen-bond donors (Lipinski definition) is 3. The predicted octanol–water partition coefficient (Wildman–Crippen LogP) is 0.773. The first kappa shape index (κ1) is 13.2.